The number of rotatable bonds is 16. The zero-order chi connectivity index (χ0) is 19.7. The maximum absolute atomic E-state index is 10.4. The summed E-state index contributed by atoms with van der Waals surface area (Å²) < 4.78 is 0. The van der Waals surface area contributed by atoms with Gasteiger partial charge in [-0.05, 0) is 74.5 Å². The van der Waals surface area contributed by atoms with Gasteiger partial charge in [0.15, 0.2) is 0 Å². The molecule has 0 spiro atoms. The fourth-order valence-corrected chi connectivity index (χ4v) is 7.32. The Labute approximate surface area is 174 Å². The molecule has 0 heterocycles. The largest absolute Gasteiger partial charge is 0.481 e. The molecule has 4 saturated carbocycles. The number of carbonyl (C=O) groups is 1. The van der Waals surface area contributed by atoms with E-state index in [0.29, 0.717) is 6.42 Å². The molecule has 2 heteroatoms. The molecule has 0 unspecified atom stereocenters. The molecule has 1 N–H and O–H groups in total. The van der Waals surface area contributed by atoms with Crippen LogP contribution in [0.1, 0.15) is 135 Å². The van der Waals surface area contributed by atoms with Crippen LogP contribution in [-0.4, -0.2) is 11.1 Å². The summed E-state index contributed by atoms with van der Waals surface area (Å²) in [6.45, 7) is 0. The smallest absolute Gasteiger partial charge is 0.303 e. The van der Waals surface area contributed by atoms with Crippen LogP contribution in [0.5, 0.6) is 0 Å². The Hall–Kier alpha value is -0.530. The lowest BCUT2D eigenvalue weighted by Crippen LogP contribution is -2.45. The molecule has 2 nitrogen and oxygen atoms in total. The van der Waals surface area contributed by atoms with E-state index in [2.05, 4.69) is 0 Å². The van der Waals surface area contributed by atoms with Gasteiger partial charge in [0.05, 0.1) is 0 Å². The van der Waals surface area contributed by atoms with E-state index in [1.807, 2.05) is 0 Å². The second-order valence-electron chi connectivity index (χ2n) is 10.9. The van der Waals surface area contributed by atoms with Gasteiger partial charge in [0, 0.05) is 6.42 Å². The first-order valence-corrected chi connectivity index (χ1v) is 12.9. The molecule has 0 radical (unpaired) electrons. The minimum absolute atomic E-state index is 0.350. The van der Waals surface area contributed by atoms with Gasteiger partial charge in [0.25, 0.3) is 0 Å². The maximum atomic E-state index is 10.4. The van der Waals surface area contributed by atoms with Crippen molar-refractivity contribution in [1.29, 1.82) is 0 Å². The summed E-state index contributed by atoms with van der Waals surface area (Å²) in [5.41, 5.74) is 0.808. The van der Waals surface area contributed by atoms with E-state index in [1.54, 1.807) is 44.9 Å². The maximum Gasteiger partial charge on any atom is 0.303 e. The van der Waals surface area contributed by atoms with Crippen molar-refractivity contribution in [3.05, 3.63) is 0 Å². The molecule has 0 aliphatic heterocycles. The summed E-state index contributed by atoms with van der Waals surface area (Å²) in [5, 5.41) is 8.61. The van der Waals surface area contributed by atoms with Crippen molar-refractivity contribution < 1.29 is 9.90 Å². The van der Waals surface area contributed by atoms with Crippen LogP contribution in [0.2, 0.25) is 0 Å². The minimum atomic E-state index is -0.646. The number of carboxylic acids is 1. The van der Waals surface area contributed by atoms with E-state index < -0.39 is 5.97 Å². The molecule has 4 bridgehead atoms. The van der Waals surface area contributed by atoms with Crippen molar-refractivity contribution in [2.24, 2.45) is 23.2 Å². The summed E-state index contributed by atoms with van der Waals surface area (Å²) in [5.74, 6) is 2.72. The third kappa shape index (κ3) is 7.38. The highest BCUT2D eigenvalue weighted by Gasteiger charge is 2.50. The molecule has 0 aromatic rings. The first-order valence-electron chi connectivity index (χ1n) is 12.9. The van der Waals surface area contributed by atoms with Crippen molar-refractivity contribution in [2.75, 3.05) is 0 Å². The number of hydrogen-bond donors (Lipinski definition) is 1. The summed E-state index contributed by atoms with van der Waals surface area (Å²) >= 11 is 0. The number of aliphatic carboxylic acids is 1. The Kier molecular flexibility index (Phi) is 9.18. The van der Waals surface area contributed by atoms with Crippen LogP contribution >= 0.6 is 0 Å². The first-order chi connectivity index (χ1) is 13.7. The Morgan fingerprint density at radius 3 is 1.36 bits per heavy atom. The van der Waals surface area contributed by atoms with Crippen LogP contribution in [-0.2, 0) is 4.79 Å². The highest BCUT2D eigenvalue weighted by atomic mass is 16.4. The second kappa shape index (κ2) is 11.6. The monoisotopic (exact) mass is 390 g/mol. The second-order valence-corrected chi connectivity index (χ2v) is 10.9. The molecular weight excluding hydrogens is 344 g/mol. The molecule has 4 aliphatic rings. The van der Waals surface area contributed by atoms with Gasteiger partial charge in [-0.25, -0.2) is 0 Å². The predicted octanol–water partition coefficient (Wildman–Crippen LogP) is 8.14. The Bertz CT molecular complexity index is 420. The van der Waals surface area contributed by atoms with Gasteiger partial charge in [-0.3, -0.25) is 4.79 Å². The van der Waals surface area contributed by atoms with E-state index in [-0.39, 0.29) is 0 Å². The lowest BCUT2D eigenvalue weighted by Gasteiger charge is -2.57. The predicted molar refractivity (Wildman–Crippen MR) is 117 cm³/mol. The highest BCUT2D eigenvalue weighted by Crippen LogP contribution is 2.61. The number of carboxylic acid groups (broad SMARTS) is 1. The summed E-state index contributed by atoms with van der Waals surface area (Å²) in [7, 11) is 0. The van der Waals surface area contributed by atoms with E-state index >= 15 is 0 Å². The van der Waals surface area contributed by atoms with Crippen molar-refractivity contribution in [2.45, 2.75) is 135 Å². The minimum Gasteiger partial charge on any atom is -0.481 e. The molecule has 0 saturated heterocycles. The van der Waals surface area contributed by atoms with Crippen LogP contribution in [0.3, 0.4) is 0 Å². The Morgan fingerprint density at radius 2 is 0.964 bits per heavy atom. The van der Waals surface area contributed by atoms with Gasteiger partial charge in [0.2, 0.25) is 0 Å². The SMILES string of the molecule is O=C(O)CCCCCCCCCCCCCCCC12CC3CC(CC(C3)C1)C2. The zero-order valence-electron chi connectivity index (χ0n) is 18.4. The fraction of sp³-hybridized carbons (Fsp3) is 0.962. The Morgan fingerprint density at radius 1 is 0.607 bits per heavy atom. The topological polar surface area (TPSA) is 37.3 Å². The average Bonchev–Trinajstić information content (AvgIpc) is 2.63. The van der Waals surface area contributed by atoms with Crippen LogP contribution in [0.25, 0.3) is 0 Å². The Balaban J connectivity index is 1.08. The van der Waals surface area contributed by atoms with E-state index in [4.69, 9.17) is 5.11 Å². The molecule has 0 amide bonds. The van der Waals surface area contributed by atoms with Crippen LogP contribution in [0.4, 0.5) is 0 Å². The third-order valence-electron chi connectivity index (χ3n) is 8.26. The van der Waals surface area contributed by atoms with E-state index in [9.17, 15) is 4.79 Å². The van der Waals surface area contributed by atoms with Crippen molar-refractivity contribution >= 4 is 5.97 Å². The molecule has 4 aliphatic carbocycles. The number of hydrogen-bond acceptors (Lipinski definition) is 1. The van der Waals surface area contributed by atoms with Crippen molar-refractivity contribution in [3.8, 4) is 0 Å². The van der Waals surface area contributed by atoms with E-state index in [1.165, 1.54) is 70.6 Å². The molecule has 0 aromatic carbocycles. The van der Waals surface area contributed by atoms with Gasteiger partial charge in [0.1, 0.15) is 0 Å². The normalized spacial score (nSPS) is 30.8. The van der Waals surface area contributed by atoms with E-state index in [0.717, 1.165) is 36.0 Å². The molecule has 4 fully saturated rings. The van der Waals surface area contributed by atoms with Crippen LogP contribution in [0.15, 0.2) is 0 Å². The van der Waals surface area contributed by atoms with Gasteiger partial charge >= 0.3 is 5.97 Å². The molecule has 4 rings (SSSR count). The lowest BCUT2D eigenvalue weighted by molar-refractivity contribution is -0.137. The number of unbranched alkanes of at least 4 members (excludes halogenated alkanes) is 12. The average molecular weight is 391 g/mol. The molecule has 0 atom stereocenters. The molecule has 28 heavy (non-hydrogen) atoms. The highest BCUT2D eigenvalue weighted by molar-refractivity contribution is 5.66. The van der Waals surface area contributed by atoms with Gasteiger partial charge in [-0.1, -0.05) is 77.0 Å². The lowest BCUT2D eigenvalue weighted by atomic mass is 9.48. The quantitative estimate of drug-likeness (QED) is 0.270. The first kappa shape index (κ1) is 22.2. The zero-order valence-corrected chi connectivity index (χ0v) is 18.4. The summed E-state index contributed by atoms with van der Waals surface area (Å²) in [6.07, 6.45) is 28.8. The standard InChI is InChI=1S/C26H46O2/c27-25(28)14-12-10-8-6-4-2-1-3-5-7-9-11-13-15-26-19-22-16-23(20-26)18-24(17-22)21-26/h22-24H,1-21H2,(H,27,28). The van der Waals surface area contributed by atoms with Gasteiger partial charge in [-0.2, -0.15) is 0 Å². The van der Waals surface area contributed by atoms with Crippen LogP contribution in [0, 0.1) is 23.2 Å². The van der Waals surface area contributed by atoms with Crippen LogP contribution < -0.4 is 0 Å². The molecule has 0 aromatic heterocycles. The molecular formula is C26H46O2. The summed E-state index contributed by atoms with van der Waals surface area (Å²) in [4.78, 5) is 10.4. The fourth-order valence-electron chi connectivity index (χ4n) is 7.32. The summed E-state index contributed by atoms with van der Waals surface area (Å²) in [6, 6.07) is 0. The van der Waals surface area contributed by atoms with Crippen molar-refractivity contribution in [3.63, 3.8) is 0 Å². The third-order valence-corrected chi connectivity index (χ3v) is 8.26. The van der Waals surface area contributed by atoms with Gasteiger partial charge < -0.3 is 5.11 Å². The van der Waals surface area contributed by atoms with Crippen molar-refractivity contribution in [1.82, 2.24) is 0 Å². The van der Waals surface area contributed by atoms with Gasteiger partial charge in [-0.15, -0.1) is 0 Å². The molecule has 162 valence electrons.